The molecule has 4 heterocycles. The number of ether oxygens (including phenoxy) is 1. The average molecular weight is 538 g/mol. The number of fused-ring (bicyclic) bond motifs is 2. The number of carbonyl (C=O) groups excluding carboxylic acids is 2. The van der Waals surface area contributed by atoms with E-state index in [1.165, 1.54) is 6.42 Å². The molecule has 0 radical (unpaired) electrons. The molecule has 8 nitrogen and oxygen atoms in total. The van der Waals surface area contributed by atoms with Crippen LogP contribution in [0.3, 0.4) is 0 Å². The molecule has 1 saturated heterocycles. The molecule has 2 saturated carbocycles. The second-order valence-corrected chi connectivity index (χ2v) is 12.7. The number of hydrogen-bond acceptors (Lipinski definition) is 5. The molecule has 1 unspecified atom stereocenters. The Morgan fingerprint density at radius 1 is 1.18 bits per heavy atom. The Morgan fingerprint density at radius 2 is 2.03 bits per heavy atom. The van der Waals surface area contributed by atoms with Gasteiger partial charge >= 0.3 is 0 Å². The summed E-state index contributed by atoms with van der Waals surface area (Å²) in [5.41, 5.74) is 2.19. The van der Waals surface area contributed by atoms with Gasteiger partial charge in [0, 0.05) is 55.5 Å². The molecule has 5 aliphatic rings. The van der Waals surface area contributed by atoms with Crippen LogP contribution in [0.1, 0.15) is 87.4 Å². The first-order valence-electron chi connectivity index (χ1n) is 14.4. The van der Waals surface area contributed by atoms with Gasteiger partial charge in [0.15, 0.2) is 11.9 Å². The number of likely N-dealkylation sites (tertiary alicyclic amines) is 1. The molecular weight excluding hydrogens is 502 g/mol. The average Bonchev–Trinajstić information content (AvgIpc) is 3.21. The topological polar surface area (TPSA) is 80.6 Å². The Morgan fingerprint density at radius 3 is 2.82 bits per heavy atom. The summed E-state index contributed by atoms with van der Waals surface area (Å²) in [5, 5.41) is 9.06. The largest absolute Gasteiger partial charge is 0.482 e. The first-order chi connectivity index (χ1) is 18.4. The second-order valence-electron chi connectivity index (χ2n) is 12.3. The first kappa shape index (κ1) is 24.4. The van der Waals surface area contributed by atoms with E-state index in [0.717, 1.165) is 74.3 Å². The van der Waals surface area contributed by atoms with Crippen LogP contribution in [0.4, 0.5) is 0 Å². The maximum absolute atomic E-state index is 14.2. The van der Waals surface area contributed by atoms with E-state index in [1.807, 2.05) is 21.6 Å². The van der Waals surface area contributed by atoms with Gasteiger partial charge in [0.25, 0.3) is 0 Å². The molecule has 1 spiro atoms. The molecule has 1 aromatic heterocycles. The van der Waals surface area contributed by atoms with Crippen LogP contribution < -0.4 is 4.74 Å². The molecule has 4 atom stereocenters. The number of halogens is 1. The van der Waals surface area contributed by atoms with Gasteiger partial charge in [0.1, 0.15) is 12.1 Å². The zero-order valence-electron chi connectivity index (χ0n) is 22.1. The lowest BCUT2D eigenvalue weighted by atomic mass is 9.78. The minimum atomic E-state index is -0.272. The Kier molecular flexibility index (Phi) is 5.95. The molecule has 0 bridgehead atoms. The smallest absolute Gasteiger partial charge is 0.226 e. The van der Waals surface area contributed by atoms with Crippen molar-refractivity contribution in [2.75, 3.05) is 19.6 Å². The van der Waals surface area contributed by atoms with Gasteiger partial charge in [-0.15, -0.1) is 10.2 Å². The molecule has 2 aliphatic carbocycles. The highest BCUT2D eigenvalue weighted by atomic mass is 35.5. The summed E-state index contributed by atoms with van der Waals surface area (Å²) in [6.45, 7) is 4.95. The van der Waals surface area contributed by atoms with Crippen LogP contribution in [0.25, 0.3) is 0 Å². The van der Waals surface area contributed by atoms with Crippen molar-refractivity contribution >= 4 is 23.4 Å². The van der Waals surface area contributed by atoms with Crippen LogP contribution in [0, 0.1) is 17.3 Å². The van der Waals surface area contributed by atoms with Gasteiger partial charge in [-0.25, -0.2) is 0 Å². The summed E-state index contributed by atoms with van der Waals surface area (Å²) in [7, 11) is 0. The molecule has 202 valence electrons. The van der Waals surface area contributed by atoms with Crippen molar-refractivity contribution in [1.82, 2.24) is 24.6 Å². The van der Waals surface area contributed by atoms with Gasteiger partial charge in [0.05, 0.1) is 6.04 Å². The molecule has 2 aromatic rings. The predicted octanol–water partition coefficient (Wildman–Crippen LogP) is 4.72. The van der Waals surface area contributed by atoms with Crippen LogP contribution in [0.2, 0.25) is 5.02 Å². The number of carbonyl (C=O) groups is 2. The van der Waals surface area contributed by atoms with E-state index in [1.54, 1.807) is 6.33 Å². The summed E-state index contributed by atoms with van der Waals surface area (Å²) < 4.78 is 8.69. The molecule has 9 heteroatoms. The maximum atomic E-state index is 14.2. The summed E-state index contributed by atoms with van der Waals surface area (Å²) in [6, 6.07) is 3.58. The molecule has 7 rings (SSSR count). The van der Waals surface area contributed by atoms with Crippen molar-refractivity contribution in [1.29, 1.82) is 0 Å². The third kappa shape index (κ3) is 4.10. The monoisotopic (exact) mass is 537 g/mol. The summed E-state index contributed by atoms with van der Waals surface area (Å²) >= 11 is 6.79. The minimum Gasteiger partial charge on any atom is -0.482 e. The van der Waals surface area contributed by atoms with Gasteiger partial charge in [0.2, 0.25) is 11.8 Å². The van der Waals surface area contributed by atoms with Crippen molar-refractivity contribution < 1.29 is 14.3 Å². The van der Waals surface area contributed by atoms with Crippen molar-refractivity contribution in [2.24, 2.45) is 17.3 Å². The molecular formula is C29H36ClN5O3. The Labute approximate surface area is 228 Å². The molecule has 38 heavy (non-hydrogen) atoms. The molecule has 3 fully saturated rings. The van der Waals surface area contributed by atoms with Crippen molar-refractivity contribution in [3.63, 3.8) is 0 Å². The van der Waals surface area contributed by atoms with E-state index in [9.17, 15) is 9.59 Å². The van der Waals surface area contributed by atoms with Crippen molar-refractivity contribution in [3.05, 3.63) is 40.4 Å². The van der Waals surface area contributed by atoms with E-state index >= 15 is 0 Å². The Hall–Kier alpha value is -2.61. The lowest BCUT2D eigenvalue weighted by Crippen LogP contribution is -2.49. The normalized spacial score (nSPS) is 29.5. The lowest BCUT2D eigenvalue weighted by Gasteiger charge is -2.43. The number of aryl methyl sites for hydroxylation is 1. The maximum Gasteiger partial charge on any atom is 0.226 e. The predicted molar refractivity (Wildman–Crippen MR) is 142 cm³/mol. The summed E-state index contributed by atoms with van der Waals surface area (Å²) in [6.07, 6.45) is 10.3. The van der Waals surface area contributed by atoms with Crippen LogP contribution in [0.5, 0.6) is 5.75 Å². The van der Waals surface area contributed by atoms with Crippen LogP contribution in [-0.2, 0) is 22.6 Å². The standard InChI is InChI=1S/C29H36ClN5O3/c1-18-4-2-3-5-19(18)28(37)35-13-8-20-21(30)6-7-23(38-24-9-12-33-17-31-32-27(24)33)26(20)22(35)15-34-16-29(10-11-29)14-25(34)36/h6-7,17-19,22,24H,2-5,8-16H2,1H3/t18-,19+,22+,24?/m0/s1. The van der Waals surface area contributed by atoms with Crippen LogP contribution >= 0.6 is 11.6 Å². The van der Waals surface area contributed by atoms with Gasteiger partial charge in [-0.05, 0) is 61.1 Å². The van der Waals surface area contributed by atoms with Crippen LogP contribution in [0.15, 0.2) is 18.5 Å². The fraction of sp³-hybridized carbons (Fsp3) is 0.655. The van der Waals surface area contributed by atoms with E-state index in [-0.39, 0.29) is 35.3 Å². The third-order valence-electron chi connectivity index (χ3n) is 9.87. The highest BCUT2D eigenvalue weighted by Gasteiger charge is 2.52. The summed E-state index contributed by atoms with van der Waals surface area (Å²) in [4.78, 5) is 31.4. The number of hydrogen-bond donors (Lipinski definition) is 0. The van der Waals surface area contributed by atoms with Crippen molar-refractivity contribution in [3.8, 4) is 5.75 Å². The van der Waals surface area contributed by atoms with E-state index in [4.69, 9.17) is 16.3 Å². The Balaban J connectivity index is 1.26. The van der Waals surface area contributed by atoms with Gasteiger partial charge in [-0.3, -0.25) is 9.59 Å². The third-order valence-corrected chi connectivity index (χ3v) is 10.2. The van der Waals surface area contributed by atoms with Gasteiger partial charge < -0.3 is 19.1 Å². The van der Waals surface area contributed by atoms with Crippen LogP contribution in [-0.4, -0.2) is 56.0 Å². The minimum absolute atomic E-state index is 0.0359. The molecule has 2 amide bonds. The quantitative estimate of drug-likeness (QED) is 0.551. The number of amides is 2. The van der Waals surface area contributed by atoms with E-state index in [2.05, 4.69) is 22.0 Å². The second kappa shape index (κ2) is 9.25. The van der Waals surface area contributed by atoms with E-state index < -0.39 is 0 Å². The molecule has 0 N–H and O–H groups in total. The fourth-order valence-electron chi connectivity index (χ4n) is 7.44. The highest BCUT2D eigenvalue weighted by molar-refractivity contribution is 6.31. The van der Waals surface area contributed by atoms with E-state index in [0.29, 0.717) is 36.9 Å². The molecule has 3 aliphatic heterocycles. The number of benzene rings is 1. The zero-order chi connectivity index (χ0) is 26.0. The SMILES string of the molecule is C[C@H]1CCCC[C@H]1C(=O)N1CCc2c(Cl)ccc(OC3CCn4cnnc43)c2[C@H]1CN1CC2(CC2)CC1=O. The Bertz CT molecular complexity index is 1270. The summed E-state index contributed by atoms with van der Waals surface area (Å²) in [5.74, 6) is 2.43. The lowest BCUT2D eigenvalue weighted by molar-refractivity contribution is -0.143. The zero-order valence-corrected chi connectivity index (χ0v) is 22.8. The fourth-order valence-corrected chi connectivity index (χ4v) is 7.70. The number of nitrogens with zero attached hydrogens (tertiary/aromatic N) is 5. The first-order valence-corrected chi connectivity index (χ1v) is 14.7. The molecule has 1 aromatic carbocycles. The van der Waals surface area contributed by atoms with Gasteiger partial charge in [-0.1, -0.05) is 31.4 Å². The number of rotatable bonds is 5. The highest BCUT2D eigenvalue weighted by Crippen LogP contribution is 2.54. The van der Waals surface area contributed by atoms with Gasteiger partial charge in [-0.2, -0.15) is 0 Å². The number of aromatic nitrogens is 3. The van der Waals surface area contributed by atoms with Crippen molar-refractivity contribution in [2.45, 2.75) is 83.4 Å².